The van der Waals surface area contributed by atoms with Crippen LogP contribution in [0.1, 0.15) is 50.1 Å². The molecule has 1 atom stereocenters. The zero-order valence-corrected chi connectivity index (χ0v) is 13.4. The van der Waals surface area contributed by atoms with Crippen LogP contribution in [0.4, 0.5) is 4.79 Å². The molecule has 1 aromatic rings. The number of urea groups is 1. The molecule has 1 N–H and O–H groups in total. The van der Waals surface area contributed by atoms with Crippen LogP contribution in [0.3, 0.4) is 0 Å². The number of carbonyl (C=O) groups is 1. The van der Waals surface area contributed by atoms with Gasteiger partial charge in [-0.1, -0.05) is 25.0 Å². The number of hydrogen-bond acceptors (Lipinski definition) is 2. The molecule has 4 heteroatoms. The molecule has 1 aromatic carbocycles. The number of nitrogens with one attached hydrogen (secondary N) is 1. The largest absolute Gasteiger partial charge is 0.497 e. The fourth-order valence-corrected chi connectivity index (χ4v) is 3.18. The Labute approximate surface area is 132 Å². The van der Waals surface area contributed by atoms with E-state index in [0.29, 0.717) is 0 Å². The van der Waals surface area contributed by atoms with Crippen LogP contribution in [0.15, 0.2) is 24.3 Å². The van der Waals surface area contributed by atoms with E-state index in [-0.39, 0.29) is 12.1 Å². The maximum Gasteiger partial charge on any atom is 0.317 e. The van der Waals surface area contributed by atoms with Crippen molar-refractivity contribution in [1.82, 2.24) is 10.2 Å². The van der Waals surface area contributed by atoms with Gasteiger partial charge in [0.1, 0.15) is 5.75 Å². The van der Waals surface area contributed by atoms with E-state index in [4.69, 9.17) is 4.74 Å². The van der Waals surface area contributed by atoms with E-state index in [1.54, 1.807) is 7.11 Å². The van der Waals surface area contributed by atoms with Gasteiger partial charge in [-0.2, -0.15) is 0 Å². The minimum atomic E-state index is 0.106. The molecular formula is C18H26N2O2. The fourth-order valence-electron chi connectivity index (χ4n) is 3.18. The second-order valence-electron chi connectivity index (χ2n) is 6.46. The van der Waals surface area contributed by atoms with Crippen molar-refractivity contribution >= 4 is 6.03 Å². The SMILES string of the molecule is COc1ccc([C@H]2CCCCCN2C(=O)NCC2CC2)cc1. The number of hydrogen-bond donors (Lipinski definition) is 1. The molecule has 22 heavy (non-hydrogen) atoms. The topological polar surface area (TPSA) is 41.6 Å². The maximum atomic E-state index is 12.6. The van der Waals surface area contributed by atoms with Crippen molar-refractivity contribution in [2.45, 2.75) is 44.6 Å². The molecule has 1 saturated heterocycles. The van der Waals surface area contributed by atoms with Crippen LogP contribution in [-0.4, -0.2) is 31.1 Å². The normalized spacial score (nSPS) is 22.0. The van der Waals surface area contributed by atoms with Crippen molar-refractivity contribution in [3.8, 4) is 5.75 Å². The van der Waals surface area contributed by atoms with Gasteiger partial charge in [-0.3, -0.25) is 0 Å². The first-order valence-corrected chi connectivity index (χ1v) is 8.46. The van der Waals surface area contributed by atoms with Crippen LogP contribution in [0.5, 0.6) is 5.75 Å². The first-order valence-electron chi connectivity index (χ1n) is 8.46. The molecule has 2 aliphatic rings. The molecule has 1 saturated carbocycles. The third-order valence-electron chi connectivity index (χ3n) is 4.75. The van der Waals surface area contributed by atoms with E-state index < -0.39 is 0 Å². The molecule has 0 spiro atoms. The van der Waals surface area contributed by atoms with Gasteiger partial charge in [-0.15, -0.1) is 0 Å². The van der Waals surface area contributed by atoms with Crippen LogP contribution in [0, 0.1) is 5.92 Å². The van der Waals surface area contributed by atoms with Gasteiger partial charge < -0.3 is 15.0 Å². The van der Waals surface area contributed by atoms with E-state index in [9.17, 15) is 4.79 Å². The van der Waals surface area contributed by atoms with Crippen LogP contribution in [0.25, 0.3) is 0 Å². The monoisotopic (exact) mass is 302 g/mol. The van der Waals surface area contributed by atoms with Gasteiger partial charge in [0.05, 0.1) is 13.2 Å². The number of ether oxygens (including phenoxy) is 1. The maximum absolute atomic E-state index is 12.6. The van der Waals surface area contributed by atoms with Crippen molar-refractivity contribution in [2.75, 3.05) is 20.2 Å². The lowest BCUT2D eigenvalue weighted by Gasteiger charge is -2.30. The van der Waals surface area contributed by atoms with E-state index in [1.807, 2.05) is 17.0 Å². The summed E-state index contributed by atoms with van der Waals surface area (Å²) in [6, 6.07) is 8.45. The number of methoxy groups -OCH3 is 1. The number of carbonyl (C=O) groups excluding carboxylic acids is 1. The highest BCUT2D eigenvalue weighted by atomic mass is 16.5. The minimum absolute atomic E-state index is 0.106. The standard InChI is InChI=1S/C18H26N2O2/c1-22-16-10-8-15(9-11-16)17-5-3-2-4-12-20(17)18(21)19-13-14-6-7-14/h8-11,14,17H,2-7,12-13H2,1H3,(H,19,21)/t17-/m1/s1. The molecule has 0 aromatic heterocycles. The Balaban J connectivity index is 1.72. The molecule has 4 nitrogen and oxygen atoms in total. The number of nitrogens with zero attached hydrogens (tertiary/aromatic N) is 1. The van der Waals surface area contributed by atoms with Crippen molar-refractivity contribution in [3.63, 3.8) is 0 Å². The van der Waals surface area contributed by atoms with Crippen LogP contribution in [-0.2, 0) is 0 Å². The average molecular weight is 302 g/mol. The van der Waals surface area contributed by atoms with Gasteiger partial charge in [-0.05, 0) is 49.3 Å². The number of likely N-dealkylation sites (tertiary alicyclic amines) is 1. The van der Waals surface area contributed by atoms with Gasteiger partial charge in [-0.25, -0.2) is 4.79 Å². The van der Waals surface area contributed by atoms with Crippen molar-refractivity contribution < 1.29 is 9.53 Å². The summed E-state index contributed by atoms with van der Waals surface area (Å²) >= 11 is 0. The van der Waals surface area contributed by atoms with Crippen molar-refractivity contribution in [2.24, 2.45) is 5.92 Å². The summed E-state index contributed by atoms with van der Waals surface area (Å²) in [5.41, 5.74) is 1.21. The number of amides is 2. The molecule has 1 heterocycles. The molecule has 0 unspecified atom stereocenters. The Kier molecular flexibility index (Phi) is 4.86. The second-order valence-corrected chi connectivity index (χ2v) is 6.46. The molecule has 0 bridgehead atoms. The predicted octanol–water partition coefficient (Wildman–Crippen LogP) is 3.73. The number of benzene rings is 1. The van der Waals surface area contributed by atoms with Crippen molar-refractivity contribution in [1.29, 1.82) is 0 Å². The summed E-state index contributed by atoms with van der Waals surface area (Å²) in [6.07, 6.45) is 7.07. The molecular weight excluding hydrogens is 276 g/mol. The van der Waals surface area contributed by atoms with Gasteiger partial charge in [0, 0.05) is 13.1 Å². The molecule has 1 aliphatic carbocycles. The zero-order chi connectivity index (χ0) is 15.4. The second kappa shape index (κ2) is 7.03. The summed E-state index contributed by atoms with van der Waals surface area (Å²) in [5, 5.41) is 3.13. The highest BCUT2D eigenvalue weighted by Gasteiger charge is 2.28. The minimum Gasteiger partial charge on any atom is -0.497 e. The predicted molar refractivity (Wildman–Crippen MR) is 87.0 cm³/mol. The highest BCUT2D eigenvalue weighted by Crippen LogP contribution is 2.32. The lowest BCUT2D eigenvalue weighted by molar-refractivity contribution is 0.175. The van der Waals surface area contributed by atoms with Crippen molar-refractivity contribution in [3.05, 3.63) is 29.8 Å². The smallest absolute Gasteiger partial charge is 0.317 e. The molecule has 120 valence electrons. The molecule has 2 fully saturated rings. The Morgan fingerprint density at radius 2 is 1.95 bits per heavy atom. The molecule has 0 radical (unpaired) electrons. The quantitative estimate of drug-likeness (QED) is 0.920. The summed E-state index contributed by atoms with van der Waals surface area (Å²) < 4.78 is 5.23. The summed E-state index contributed by atoms with van der Waals surface area (Å²) in [5.74, 6) is 1.58. The van der Waals surface area contributed by atoms with Gasteiger partial charge in [0.2, 0.25) is 0 Å². The first kappa shape index (κ1) is 15.2. The van der Waals surface area contributed by atoms with Gasteiger partial charge in [0.15, 0.2) is 0 Å². The Bertz CT molecular complexity index is 496. The third-order valence-corrected chi connectivity index (χ3v) is 4.75. The van der Waals surface area contributed by atoms with Crippen LogP contribution in [0.2, 0.25) is 0 Å². The summed E-state index contributed by atoms with van der Waals surface area (Å²) in [6.45, 7) is 1.69. The third kappa shape index (κ3) is 3.73. The van der Waals surface area contributed by atoms with E-state index in [1.165, 1.54) is 31.2 Å². The zero-order valence-electron chi connectivity index (χ0n) is 13.4. The summed E-state index contributed by atoms with van der Waals surface area (Å²) in [4.78, 5) is 14.6. The van der Waals surface area contributed by atoms with E-state index in [0.717, 1.165) is 37.6 Å². The lowest BCUT2D eigenvalue weighted by Crippen LogP contribution is -2.42. The van der Waals surface area contributed by atoms with E-state index in [2.05, 4.69) is 17.4 Å². The number of rotatable bonds is 4. The fraction of sp³-hybridized carbons (Fsp3) is 0.611. The Hall–Kier alpha value is -1.71. The molecule has 1 aliphatic heterocycles. The lowest BCUT2D eigenvalue weighted by atomic mass is 10.0. The Morgan fingerprint density at radius 3 is 2.64 bits per heavy atom. The molecule has 2 amide bonds. The molecule has 3 rings (SSSR count). The first-order chi connectivity index (χ1) is 10.8. The van der Waals surface area contributed by atoms with Crippen LogP contribution >= 0.6 is 0 Å². The Morgan fingerprint density at radius 1 is 1.18 bits per heavy atom. The average Bonchev–Trinajstić information content (AvgIpc) is 3.39. The van der Waals surface area contributed by atoms with Gasteiger partial charge in [0.25, 0.3) is 0 Å². The highest BCUT2D eigenvalue weighted by molar-refractivity contribution is 5.74. The van der Waals surface area contributed by atoms with Gasteiger partial charge >= 0.3 is 6.03 Å². The summed E-state index contributed by atoms with van der Waals surface area (Å²) in [7, 11) is 1.68. The van der Waals surface area contributed by atoms with Crippen LogP contribution < -0.4 is 10.1 Å². The van der Waals surface area contributed by atoms with E-state index >= 15 is 0 Å².